The first-order valence-electron chi connectivity index (χ1n) is 12.1. The Morgan fingerprint density at radius 2 is 0.680 bits per heavy atom. The molecule has 0 fully saturated rings. The van der Waals surface area contributed by atoms with Gasteiger partial charge in [-0.2, -0.15) is 110 Å². The number of alkyl halides is 25. The summed E-state index contributed by atoms with van der Waals surface area (Å²) in [6.45, 7) is -3.81. The molecule has 0 saturated heterocycles. The summed E-state index contributed by atoms with van der Waals surface area (Å²) in [5.41, 5.74) is 0. The van der Waals surface area contributed by atoms with E-state index in [2.05, 4.69) is 0 Å². The monoisotopic (exact) mass is 808 g/mol. The second-order valence-corrected chi connectivity index (χ2v) is 9.71. The molecule has 0 rings (SSSR count). The molecule has 0 aliphatic heterocycles. The van der Waals surface area contributed by atoms with Crippen LogP contribution >= 0.6 is 0 Å². The highest BCUT2D eigenvalue weighted by molar-refractivity contribution is 5.84. The highest BCUT2D eigenvalue weighted by atomic mass is 19.4. The minimum absolute atomic E-state index is 0.312. The molecule has 0 atom stereocenters. The molecule has 0 aliphatic carbocycles. The summed E-state index contributed by atoms with van der Waals surface area (Å²) in [6, 6.07) is 0. The highest BCUT2D eigenvalue weighted by Gasteiger charge is 2.99. The molecule has 0 unspecified atom stereocenters. The fourth-order valence-corrected chi connectivity index (χ4v) is 3.33. The highest BCUT2D eigenvalue weighted by Crippen LogP contribution is 2.67. The lowest BCUT2D eigenvalue weighted by Gasteiger charge is -2.45. The van der Waals surface area contributed by atoms with Gasteiger partial charge in [0.1, 0.15) is 0 Å². The van der Waals surface area contributed by atoms with Gasteiger partial charge in [0.15, 0.2) is 0 Å². The van der Waals surface area contributed by atoms with Gasteiger partial charge in [-0.05, 0) is 13.0 Å². The first kappa shape index (κ1) is 47.6. The lowest BCUT2D eigenvalue weighted by molar-refractivity contribution is -0.481. The fourth-order valence-electron chi connectivity index (χ4n) is 3.33. The van der Waals surface area contributed by atoms with E-state index >= 15 is 0 Å². The molecule has 0 radical (unpaired) electrons. The van der Waals surface area contributed by atoms with E-state index in [9.17, 15) is 115 Å². The van der Waals surface area contributed by atoms with E-state index in [0.29, 0.717) is 5.32 Å². The number of aliphatic hydroxyl groups excluding tert-OH is 2. The lowest BCUT2D eigenvalue weighted by atomic mass is 9.84. The summed E-state index contributed by atoms with van der Waals surface area (Å²) in [6.07, 6.45) is -8.96. The number of amides is 1. The number of rotatable bonds is 19. The maximum Gasteiger partial charge on any atom is 0.460 e. The smallest absolute Gasteiger partial charge is 0.395 e. The van der Waals surface area contributed by atoms with E-state index in [1.165, 1.54) is 0 Å². The zero-order chi connectivity index (χ0) is 40.8. The SMILES string of the molecule is O=C(NCCCN(CCO)CCO)C(F)(F)C(F)(F)C(F)(F)C(F)(F)C(F)(F)C(F)(F)C(F)(F)C(F)(F)C(F)(F)C(F)(F)C(F)(F)C(F)(F)F. The van der Waals surface area contributed by atoms with E-state index in [-0.39, 0.29) is 13.1 Å². The predicted molar refractivity (Wildman–Crippen MR) is 109 cm³/mol. The van der Waals surface area contributed by atoms with Crippen molar-refractivity contribution in [2.75, 3.05) is 39.4 Å². The molecular weight excluding hydrogens is 791 g/mol. The maximum absolute atomic E-state index is 14.0. The number of carbonyl (C=O) groups is 1. The standard InChI is InChI=1S/C20H17F25N2O3/c21-9(22,8(50)46-2-1-3-47(4-6-48)5-7-49)10(23,24)11(25,26)12(27,28)13(29,30)14(31,32)15(33,34)16(35,36)17(37,38)18(39,40)19(41,42)20(43,44)45/h48-49H,1-7H2,(H,46,50). The van der Waals surface area contributed by atoms with Crippen molar-refractivity contribution in [3.05, 3.63) is 0 Å². The number of hydrogen-bond acceptors (Lipinski definition) is 4. The molecule has 300 valence electrons. The Labute approximate surface area is 259 Å². The van der Waals surface area contributed by atoms with Gasteiger partial charge in [0.05, 0.1) is 13.2 Å². The van der Waals surface area contributed by atoms with E-state index < -0.39 is 110 Å². The lowest BCUT2D eigenvalue weighted by Crippen LogP contribution is -2.78. The summed E-state index contributed by atoms with van der Waals surface area (Å²) in [5.74, 6) is -104. The number of halogens is 25. The van der Waals surface area contributed by atoms with Gasteiger partial charge in [-0.1, -0.05) is 0 Å². The van der Waals surface area contributed by atoms with E-state index in [4.69, 9.17) is 10.2 Å². The molecular formula is C20H17F25N2O3. The summed E-state index contributed by atoms with van der Waals surface area (Å²) in [4.78, 5) is 12.4. The summed E-state index contributed by atoms with van der Waals surface area (Å²) in [5, 5.41) is 18.1. The van der Waals surface area contributed by atoms with E-state index in [1.807, 2.05) is 0 Å². The first-order chi connectivity index (χ1) is 21.7. The van der Waals surface area contributed by atoms with Crippen molar-refractivity contribution in [3.63, 3.8) is 0 Å². The topological polar surface area (TPSA) is 72.8 Å². The van der Waals surface area contributed by atoms with Crippen LogP contribution < -0.4 is 5.32 Å². The molecule has 0 aromatic heterocycles. The van der Waals surface area contributed by atoms with Gasteiger partial charge in [0.25, 0.3) is 5.91 Å². The maximum atomic E-state index is 14.0. The largest absolute Gasteiger partial charge is 0.460 e. The number of carbonyl (C=O) groups excluding carboxylic acids is 1. The van der Waals surface area contributed by atoms with Crippen LogP contribution in [0.25, 0.3) is 0 Å². The third-order valence-electron chi connectivity index (χ3n) is 6.35. The zero-order valence-electron chi connectivity index (χ0n) is 23.1. The number of nitrogens with zero attached hydrogens (tertiary/aromatic N) is 1. The van der Waals surface area contributed by atoms with E-state index in [1.54, 1.807) is 0 Å². The van der Waals surface area contributed by atoms with Crippen molar-refractivity contribution in [2.24, 2.45) is 0 Å². The van der Waals surface area contributed by atoms with Gasteiger partial charge in [-0.15, -0.1) is 0 Å². The van der Waals surface area contributed by atoms with Gasteiger partial charge in [-0.25, -0.2) is 0 Å². The Bertz CT molecular complexity index is 1160. The molecule has 0 saturated carbocycles. The molecule has 0 bridgehead atoms. The minimum atomic E-state index is -9.69. The van der Waals surface area contributed by atoms with Gasteiger partial charge in [-0.3, -0.25) is 9.69 Å². The average molecular weight is 808 g/mol. The van der Waals surface area contributed by atoms with Crippen LogP contribution in [0.4, 0.5) is 110 Å². The van der Waals surface area contributed by atoms with Gasteiger partial charge >= 0.3 is 71.3 Å². The molecule has 30 heteroatoms. The average Bonchev–Trinajstić information content (AvgIpc) is 2.93. The fraction of sp³-hybridized carbons (Fsp3) is 0.950. The van der Waals surface area contributed by atoms with Crippen LogP contribution in [0.5, 0.6) is 0 Å². The predicted octanol–water partition coefficient (Wildman–Crippen LogP) is 6.33. The molecule has 3 N–H and O–H groups in total. The van der Waals surface area contributed by atoms with Crippen LogP contribution in [0.2, 0.25) is 0 Å². The van der Waals surface area contributed by atoms with Crippen LogP contribution in [0.3, 0.4) is 0 Å². The number of hydrogen-bond donors (Lipinski definition) is 3. The van der Waals surface area contributed by atoms with Crippen molar-refractivity contribution in [2.45, 2.75) is 77.7 Å². The Hall–Kier alpha value is -2.40. The summed E-state index contributed by atoms with van der Waals surface area (Å²) >= 11 is 0. The van der Waals surface area contributed by atoms with Crippen molar-refractivity contribution in [1.82, 2.24) is 10.2 Å². The first-order valence-corrected chi connectivity index (χ1v) is 12.1. The second kappa shape index (κ2) is 13.9. The Morgan fingerprint density at radius 1 is 0.420 bits per heavy atom. The summed E-state index contributed by atoms with van der Waals surface area (Å²) < 4.78 is 337. The number of nitrogens with one attached hydrogen (secondary N) is 1. The molecule has 0 aromatic carbocycles. The molecule has 5 nitrogen and oxygen atoms in total. The van der Waals surface area contributed by atoms with Gasteiger partial charge in [0.2, 0.25) is 0 Å². The third-order valence-corrected chi connectivity index (χ3v) is 6.35. The zero-order valence-corrected chi connectivity index (χ0v) is 23.1. The molecule has 0 aliphatic rings. The van der Waals surface area contributed by atoms with Crippen molar-refractivity contribution in [1.29, 1.82) is 0 Å². The Morgan fingerprint density at radius 3 is 0.940 bits per heavy atom. The quantitative estimate of drug-likeness (QED) is 0.106. The second-order valence-electron chi connectivity index (χ2n) is 9.71. The summed E-state index contributed by atoms with van der Waals surface area (Å²) in [7, 11) is 0. The van der Waals surface area contributed by atoms with Crippen LogP contribution in [-0.4, -0.2) is 132 Å². The molecule has 0 heterocycles. The molecule has 0 spiro atoms. The van der Waals surface area contributed by atoms with E-state index in [0.717, 1.165) is 4.90 Å². The van der Waals surface area contributed by atoms with Crippen LogP contribution in [0.1, 0.15) is 6.42 Å². The van der Waals surface area contributed by atoms with Crippen LogP contribution in [-0.2, 0) is 4.79 Å². The Kier molecular flexibility index (Phi) is 13.2. The molecule has 0 aromatic rings. The molecule has 50 heavy (non-hydrogen) atoms. The van der Waals surface area contributed by atoms with Crippen molar-refractivity contribution >= 4 is 5.91 Å². The third kappa shape index (κ3) is 6.79. The Balaban J connectivity index is 6.87. The number of aliphatic hydroxyl groups is 2. The van der Waals surface area contributed by atoms with Crippen molar-refractivity contribution in [3.8, 4) is 0 Å². The van der Waals surface area contributed by atoms with Gasteiger partial charge < -0.3 is 15.5 Å². The minimum Gasteiger partial charge on any atom is -0.395 e. The van der Waals surface area contributed by atoms with Crippen LogP contribution in [0.15, 0.2) is 0 Å². The van der Waals surface area contributed by atoms with Crippen LogP contribution in [0, 0.1) is 0 Å². The normalized spacial score (nSPS) is 15.9. The van der Waals surface area contributed by atoms with Gasteiger partial charge in [0, 0.05) is 19.6 Å². The molecule has 1 amide bonds. The van der Waals surface area contributed by atoms with Crippen molar-refractivity contribution < 1.29 is 125 Å².